The molecule has 0 saturated carbocycles. The molecule has 2 rings (SSSR count). The summed E-state index contributed by atoms with van der Waals surface area (Å²) >= 11 is 0. The molecule has 1 aliphatic heterocycles. The Morgan fingerprint density at radius 2 is 2.47 bits per heavy atom. The summed E-state index contributed by atoms with van der Waals surface area (Å²) in [7, 11) is 0. The van der Waals surface area contributed by atoms with Crippen LogP contribution in [0.1, 0.15) is 12.8 Å². The van der Waals surface area contributed by atoms with Crippen LogP contribution < -0.4 is 11.1 Å². The van der Waals surface area contributed by atoms with Crippen LogP contribution in [0.3, 0.4) is 0 Å². The van der Waals surface area contributed by atoms with E-state index < -0.39 is 4.92 Å². The SMILES string of the molecule is Nc1nc(NCC2CCCO2)ccc1[N+](=O)[O-]. The Morgan fingerprint density at radius 1 is 1.65 bits per heavy atom. The number of hydrogen-bond donors (Lipinski definition) is 2. The predicted octanol–water partition coefficient (Wildman–Crippen LogP) is 1.16. The van der Waals surface area contributed by atoms with Gasteiger partial charge in [0.1, 0.15) is 5.82 Å². The van der Waals surface area contributed by atoms with E-state index in [9.17, 15) is 10.1 Å². The number of pyridine rings is 1. The molecular formula is C10H14N4O3. The van der Waals surface area contributed by atoms with Crippen molar-refractivity contribution >= 4 is 17.3 Å². The van der Waals surface area contributed by atoms with Crippen LogP contribution in [0.5, 0.6) is 0 Å². The number of rotatable bonds is 4. The highest BCUT2D eigenvalue weighted by Gasteiger charge is 2.16. The topological polar surface area (TPSA) is 103 Å². The molecule has 0 amide bonds. The number of nitrogen functional groups attached to an aromatic ring is 1. The van der Waals surface area contributed by atoms with Crippen LogP contribution >= 0.6 is 0 Å². The molecule has 1 aromatic rings. The fraction of sp³-hybridized carbons (Fsp3) is 0.500. The van der Waals surface area contributed by atoms with Crippen molar-refractivity contribution in [2.45, 2.75) is 18.9 Å². The highest BCUT2D eigenvalue weighted by atomic mass is 16.6. The van der Waals surface area contributed by atoms with Crippen molar-refractivity contribution in [3.63, 3.8) is 0 Å². The minimum absolute atomic E-state index is 0.0765. The van der Waals surface area contributed by atoms with Gasteiger partial charge in [-0.25, -0.2) is 4.98 Å². The molecule has 1 aromatic heterocycles. The highest BCUT2D eigenvalue weighted by Crippen LogP contribution is 2.21. The van der Waals surface area contributed by atoms with Gasteiger partial charge in [0.25, 0.3) is 0 Å². The molecule has 1 aliphatic rings. The van der Waals surface area contributed by atoms with Crippen LogP contribution in [0.15, 0.2) is 12.1 Å². The Balaban J connectivity index is 1.97. The zero-order chi connectivity index (χ0) is 12.3. The first-order valence-electron chi connectivity index (χ1n) is 5.43. The number of nitro groups is 1. The molecule has 3 N–H and O–H groups in total. The van der Waals surface area contributed by atoms with Gasteiger partial charge in [-0.2, -0.15) is 0 Å². The van der Waals surface area contributed by atoms with Crippen molar-refractivity contribution in [2.75, 3.05) is 24.2 Å². The van der Waals surface area contributed by atoms with E-state index in [2.05, 4.69) is 10.3 Å². The number of anilines is 2. The van der Waals surface area contributed by atoms with Crippen molar-refractivity contribution in [3.8, 4) is 0 Å². The lowest BCUT2D eigenvalue weighted by atomic mass is 10.2. The van der Waals surface area contributed by atoms with Gasteiger partial charge in [-0.15, -0.1) is 0 Å². The summed E-state index contributed by atoms with van der Waals surface area (Å²) in [6.45, 7) is 1.44. The minimum Gasteiger partial charge on any atom is -0.378 e. The molecule has 1 unspecified atom stereocenters. The van der Waals surface area contributed by atoms with Crippen LogP contribution in [0.25, 0.3) is 0 Å². The van der Waals surface area contributed by atoms with Gasteiger partial charge in [0.2, 0.25) is 5.82 Å². The smallest absolute Gasteiger partial charge is 0.311 e. The third-order valence-electron chi connectivity index (χ3n) is 2.63. The largest absolute Gasteiger partial charge is 0.378 e. The van der Waals surface area contributed by atoms with Gasteiger partial charge in [0.15, 0.2) is 0 Å². The molecular weight excluding hydrogens is 224 g/mol. The van der Waals surface area contributed by atoms with Gasteiger partial charge < -0.3 is 15.8 Å². The van der Waals surface area contributed by atoms with Crippen LogP contribution in [0.2, 0.25) is 0 Å². The quantitative estimate of drug-likeness (QED) is 0.602. The molecule has 0 aliphatic carbocycles. The van der Waals surface area contributed by atoms with E-state index in [1.807, 2.05) is 0 Å². The maximum absolute atomic E-state index is 10.5. The van der Waals surface area contributed by atoms with E-state index in [4.69, 9.17) is 10.5 Å². The maximum atomic E-state index is 10.5. The lowest BCUT2D eigenvalue weighted by molar-refractivity contribution is -0.384. The van der Waals surface area contributed by atoms with Crippen molar-refractivity contribution in [1.82, 2.24) is 4.98 Å². The van der Waals surface area contributed by atoms with Gasteiger partial charge in [0.05, 0.1) is 11.0 Å². The molecule has 1 saturated heterocycles. The van der Waals surface area contributed by atoms with E-state index in [0.29, 0.717) is 12.4 Å². The van der Waals surface area contributed by atoms with Gasteiger partial charge >= 0.3 is 5.69 Å². The van der Waals surface area contributed by atoms with Crippen molar-refractivity contribution in [1.29, 1.82) is 0 Å². The third-order valence-corrected chi connectivity index (χ3v) is 2.63. The van der Waals surface area contributed by atoms with E-state index >= 15 is 0 Å². The van der Waals surface area contributed by atoms with Crippen molar-refractivity contribution in [2.24, 2.45) is 0 Å². The molecule has 7 heteroatoms. The molecule has 17 heavy (non-hydrogen) atoms. The van der Waals surface area contributed by atoms with Crippen molar-refractivity contribution in [3.05, 3.63) is 22.2 Å². The number of nitrogens with one attached hydrogen (secondary N) is 1. The molecule has 92 valence electrons. The summed E-state index contributed by atoms with van der Waals surface area (Å²) in [5, 5.41) is 13.6. The first-order chi connectivity index (χ1) is 8.16. The molecule has 7 nitrogen and oxygen atoms in total. The first-order valence-corrected chi connectivity index (χ1v) is 5.43. The van der Waals surface area contributed by atoms with Gasteiger partial charge in [-0.3, -0.25) is 10.1 Å². The Hall–Kier alpha value is -1.89. The molecule has 0 aromatic carbocycles. The van der Waals surface area contributed by atoms with Crippen LogP contribution in [0, 0.1) is 10.1 Å². The van der Waals surface area contributed by atoms with Gasteiger partial charge in [0, 0.05) is 19.2 Å². The molecule has 0 bridgehead atoms. The van der Waals surface area contributed by atoms with E-state index in [0.717, 1.165) is 19.4 Å². The van der Waals surface area contributed by atoms with Crippen LogP contribution in [-0.4, -0.2) is 29.2 Å². The zero-order valence-electron chi connectivity index (χ0n) is 9.26. The van der Waals surface area contributed by atoms with E-state index in [1.54, 1.807) is 6.07 Å². The Morgan fingerprint density at radius 3 is 3.06 bits per heavy atom. The first kappa shape index (κ1) is 11.6. The molecule has 1 atom stereocenters. The van der Waals surface area contributed by atoms with Gasteiger partial charge in [-0.05, 0) is 18.9 Å². The second-order valence-corrected chi connectivity index (χ2v) is 3.87. The Labute approximate surface area is 98.1 Å². The van der Waals surface area contributed by atoms with Gasteiger partial charge in [-0.1, -0.05) is 0 Å². The fourth-order valence-corrected chi connectivity index (χ4v) is 1.74. The average molecular weight is 238 g/mol. The summed E-state index contributed by atoms with van der Waals surface area (Å²) in [6, 6.07) is 2.89. The summed E-state index contributed by atoms with van der Waals surface area (Å²) in [5.74, 6) is 0.455. The maximum Gasteiger partial charge on any atom is 0.311 e. The lowest BCUT2D eigenvalue weighted by Crippen LogP contribution is -2.19. The summed E-state index contributed by atoms with van der Waals surface area (Å²) < 4.78 is 5.44. The summed E-state index contributed by atoms with van der Waals surface area (Å²) in [5.41, 5.74) is 5.31. The monoisotopic (exact) mass is 238 g/mol. The summed E-state index contributed by atoms with van der Waals surface area (Å²) in [6.07, 6.45) is 2.28. The second kappa shape index (κ2) is 4.96. The number of hydrogen-bond acceptors (Lipinski definition) is 6. The van der Waals surface area contributed by atoms with Crippen LogP contribution in [-0.2, 0) is 4.74 Å². The number of ether oxygens (including phenoxy) is 1. The fourth-order valence-electron chi connectivity index (χ4n) is 1.74. The Kier molecular flexibility index (Phi) is 3.38. The number of nitrogens with two attached hydrogens (primary N) is 1. The predicted molar refractivity (Wildman–Crippen MR) is 62.8 cm³/mol. The standard InChI is InChI=1S/C10H14N4O3/c11-10-8(14(15)16)3-4-9(13-10)12-6-7-2-1-5-17-7/h3-4,7H,1-2,5-6H2,(H3,11,12,13). The molecule has 2 heterocycles. The summed E-state index contributed by atoms with van der Waals surface area (Å²) in [4.78, 5) is 13.9. The molecule has 0 radical (unpaired) electrons. The van der Waals surface area contributed by atoms with E-state index in [-0.39, 0.29) is 17.6 Å². The van der Waals surface area contributed by atoms with Crippen molar-refractivity contribution < 1.29 is 9.66 Å². The lowest BCUT2D eigenvalue weighted by Gasteiger charge is -2.11. The molecule has 1 fully saturated rings. The zero-order valence-corrected chi connectivity index (χ0v) is 9.26. The number of aromatic nitrogens is 1. The average Bonchev–Trinajstić information content (AvgIpc) is 2.78. The minimum atomic E-state index is -0.549. The third kappa shape index (κ3) is 2.82. The second-order valence-electron chi connectivity index (χ2n) is 3.87. The number of nitrogens with zero attached hydrogens (tertiary/aromatic N) is 2. The Bertz CT molecular complexity index is 418. The normalized spacial score (nSPS) is 19.2. The molecule has 0 spiro atoms. The van der Waals surface area contributed by atoms with E-state index in [1.165, 1.54) is 6.07 Å². The van der Waals surface area contributed by atoms with Crippen LogP contribution in [0.4, 0.5) is 17.3 Å². The highest BCUT2D eigenvalue weighted by molar-refractivity contribution is 5.57.